The molecule has 186 valence electrons. The molecule has 0 fully saturated rings. The predicted octanol–water partition coefficient (Wildman–Crippen LogP) is 5.60. The van der Waals surface area contributed by atoms with Crippen LogP contribution in [-0.2, 0) is 11.8 Å². The van der Waals surface area contributed by atoms with E-state index in [1.54, 1.807) is 13.3 Å². The van der Waals surface area contributed by atoms with Crippen molar-refractivity contribution in [3.63, 3.8) is 0 Å². The molecule has 2 N–H and O–H groups in total. The third-order valence-electron chi connectivity index (χ3n) is 5.89. The van der Waals surface area contributed by atoms with Gasteiger partial charge in [-0.05, 0) is 30.2 Å². The first-order valence-electron chi connectivity index (χ1n) is 11.8. The summed E-state index contributed by atoms with van der Waals surface area (Å²) in [5, 5.41) is 7.31. The molecule has 0 aliphatic carbocycles. The second-order valence-electron chi connectivity index (χ2n) is 9.10. The van der Waals surface area contributed by atoms with E-state index in [1.807, 2.05) is 44.4 Å². The second kappa shape index (κ2) is 10.5. The molecule has 0 aliphatic heterocycles. The minimum absolute atomic E-state index is 0.292. The molecule has 4 aromatic rings. The van der Waals surface area contributed by atoms with Crippen LogP contribution in [0.4, 0.5) is 23.0 Å². The van der Waals surface area contributed by atoms with Crippen LogP contribution in [0.1, 0.15) is 13.8 Å². The Morgan fingerprint density at radius 3 is 2.72 bits per heavy atom. The molecule has 8 heteroatoms. The number of hydrogen-bond donors (Lipinski definition) is 2. The first kappa shape index (κ1) is 24.8. The number of fused-ring (bicyclic) bond motifs is 1. The standard InChI is InChI=1S/C28H32N6O2/c1-7-27(35)30-22-14-23(26(36-6)15-25(22)33(4)16-18(2)3)32-28-29-13-12-21(31-28)20-17-34(5)24-11-9-8-10-19(20)24/h7-15,17-18H,1,16H2,2-6H3,(H,30,35)(H,29,31,32). The van der Waals surface area contributed by atoms with Gasteiger partial charge in [0.05, 0.1) is 29.9 Å². The van der Waals surface area contributed by atoms with Crippen LogP contribution in [0.3, 0.4) is 0 Å². The minimum Gasteiger partial charge on any atom is -0.494 e. The number of methoxy groups -OCH3 is 1. The number of nitrogens with one attached hydrogen (secondary N) is 2. The molecule has 0 spiro atoms. The lowest BCUT2D eigenvalue weighted by Gasteiger charge is -2.26. The van der Waals surface area contributed by atoms with Gasteiger partial charge in [0.2, 0.25) is 11.9 Å². The number of rotatable bonds is 9. The van der Waals surface area contributed by atoms with E-state index in [1.165, 1.54) is 6.08 Å². The highest BCUT2D eigenvalue weighted by atomic mass is 16.5. The molecule has 2 aromatic heterocycles. The van der Waals surface area contributed by atoms with Gasteiger partial charge < -0.3 is 24.8 Å². The minimum atomic E-state index is -0.292. The number of carbonyl (C=O) groups is 1. The van der Waals surface area contributed by atoms with Gasteiger partial charge in [-0.1, -0.05) is 38.6 Å². The maximum Gasteiger partial charge on any atom is 0.247 e. The zero-order valence-corrected chi connectivity index (χ0v) is 21.4. The number of ether oxygens (including phenoxy) is 1. The number of amides is 1. The van der Waals surface area contributed by atoms with Gasteiger partial charge in [0.1, 0.15) is 5.75 Å². The van der Waals surface area contributed by atoms with Crippen molar-refractivity contribution in [2.45, 2.75) is 13.8 Å². The predicted molar refractivity (Wildman–Crippen MR) is 147 cm³/mol. The van der Waals surface area contributed by atoms with Crippen LogP contribution in [0.25, 0.3) is 22.2 Å². The fraction of sp³-hybridized carbons (Fsp3) is 0.250. The highest BCUT2D eigenvalue weighted by molar-refractivity contribution is 6.02. The molecule has 2 heterocycles. The normalized spacial score (nSPS) is 10.9. The number of aromatic nitrogens is 3. The largest absolute Gasteiger partial charge is 0.494 e. The number of nitrogens with zero attached hydrogens (tertiary/aromatic N) is 4. The molecule has 0 radical (unpaired) electrons. The summed E-state index contributed by atoms with van der Waals surface area (Å²) in [6, 6.07) is 13.8. The quantitative estimate of drug-likeness (QED) is 0.301. The smallest absolute Gasteiger partial charge is 0.247 e. The fourth-order valence-electron chi connectivity index (χ4n) is 4.32. The molecule has 0 saturated heterocycles. The van der Waals surface area contributed by atoms with Gasteiger partial charge in [-0.25, -0.2) is 9.97 Å². The molecule has 0 aliphatic rings. The van der Waals surface area contributed by atoms with Crippen molar-refractivity contribution >= 4 is 39.8 Å². The summed E-state index contributed by atoms with van der Waals surface area (Å²) in [4.78, 5) is 23.5. The van der Waals surface area contributed by atoms with Crippen molar-refractivity contribution in [2.24, 2.45) is 13.0 Å². The summed E-state index contributed by atoms with van der Waals surface area (Å²) in [7, 11) is 5.62. The van der Waals surface area contributed by atoms with E-state index in [0.717, 1.165) is 34.4 Å². The van der Waals surface area contributed by atoms with E-state index in [0.29, 0.717) is 29.0 Å². The van der Waals surface area contributed by atoms with Gasteiger partial charge in [0.15, 0.2) is 0 Å². The van der Waals surface area contributed by atoms with Gasteiger partial charge >= 0.3 is 0 Å². The molecule has 0 saturated carbocycles. The lowest BCUT2D eigenvalue weighted by atomic mass is 10.1. The Kier molecular flexibility index (Phi) is 7.24. The van der Waals surface area contributed by atoms with E-state index in [2.05, 4.69) is 63.8 Å². The number of hydrogen-bond acceptors (Lipinski definition) is 6. The van der Waals surface area contributed by atoms with Gasteiger partial charge in [-0.15, -0.1) is 0 Å². The Labute approximate surface area is 211 Å². The number of benzene rings is 2. The average Bonchev–Trinajstić information content (AvgIpc) is 3.20. The Morgan fingerprint density at radius 1 is 1.22 bits per heavy atom. The lowest BCUT2D eigenvalue weighted by Crippen LogP contribution is -2.24. The van der Waals surface area contributed by atoms with Crippen LogP contribution < -0.4 is 20.3 Å². The molecule has 2 aromatic carbocycles. The Morgan fingerprint density at radius 2 is 2.00 bits per heavy atom. The Balaban J connectivity index is 1.73. The first-order valence-corrected chi connectivity index (χ1v) is 11.8. The number of anilines is 4. The van der Waals surface area contributed by atoms with Crippen LogP contribution in [0, 0.1) is 5.92 Å². The zero-order chi connectivity index (χ0) is 25.8. The summed E-state index contributed by atoms with van der Waals surface area (Å²) in [5.41, 5.74) is 5.06. The van der Waals surface area contributed by atoms with Gasteiger partial charge in [0.25, 0.3) is 0 Å². The van der Waals surface area contributed by atoms with Crippen LogP contribution in [-0.4, -0.2) is 41.1 Å². The molecular weight excluding hydrogens is 452 g/mol. The third-order valence-corrected chi connectivity index (χ3v) is 5.89. The molecule has 36 heavy (non-hydrogen) atoms. The highest BCUT2D eigenvalue weighted by Crippen LogP contribution is 2.38. The van der Waals surface area contributed by atoms with Crippen LogP contribution >= 0.6 is 0 Å². The third kappa shape index (κ3) is 5.17. The fourth-order valence-corrected chi connectivity index (χ4v) is 4.32. The lowest BCUT2D eigenvalue weighted by molar-refractivity contribution is -0.111. The SMILES string of the molecule is C=CC(=O)Nc1cc(Nc2nccc(-c3cn(C)c4ccccc34)n2)c(OC)cc1N(C)CC(C)C. The van der Waals surface area contributed by atoms with Crippen molar-refractivity contribution in [1.29, 1.82) is 0 Å². The molecule has 0 bridgehead atoms. The zero-order valence-electron chi connectivity index (χ0n) is 21.4. The molecule has 8 nitrogen and oxygen atoms in total. The van der Waals surface area contributed by atoms with Crippen molar-refractivity contribution in [3.05, 3.63) is 67.5 Å². The topological polar surface area (TPSA) is 84.3 Å². The summed E-state index contributed by atoms with van der Waals surface area (Å²) in [6.07, 6.45) is 5.05. The van der Waals surface area contributed by atoms with Crippen LogP contribution in [0.15, 0.2) is 67.5 Å². The summed E-state index contributed by atoms with van der Waals surface area (Å²) < 4.78 is 7.78. The molecule has 1 amide bonds. The van der Waals surface area contributed by atoms with Gasteiger partial charge in [-0.3, -0.25) is 4.79 Å². The van der Waals surface area contributed by atoms with Crippen molar-refractivity contribution in [2.75, 3.05) is 36.2 Å². The van der Waals surface area contributed by atoms with Crippen molar-refractivity contribution < 1.29 is 9.53 Å². The van der Waals surface area contributed by atoms with Gasteiger partial charge in [-0.2, -0.15) is 0 Å². The number of aryl methyl sites for hydroxylation is 1. The van der Waals surface area contributed by atoms with E-state index in [9.17, 15) is 4.79 Å². The number of carbonyl (C=O) groups excluding carboxylic acids is 1. The van der Waals surface area contributed by atoms with E-state index in [4.69, 9.17) is 9.72 Å². The van der Waals surface area contributed by atoms with E-state index >= 15 is 0 Å². The van der Waals surface area contributed by atoms with Crippen molar-refractivity contribution in [3.8, 4) is 17.0 Å². The van der Waals surface area contributed by atoms with Crippen LogP contribution in [0.2, 0.25) is 0 Å². The Bertz CT molecular complexity index is 1410. The monoisotopic (exact) mass is 484 g/mol. The second-order valence-corrected chi connectivity index (χ2v) is 9.10. The maximum atomic E-state index is 12.2. The molecule has 0 unspecified atom stereocenters. The summed E-state index contributed by atoms with van der Waals surface area (Å²) in [6.45, 7) is 8.68. The molecule has 4 rings (SSSR count). The summed E-state index contributed by atoms with van der Waals surface area (Å²) in [5.74, 6) is 1.17. The van der Waals surface area contributed by atoms with Gasteiger partial charge in [0, 0.05) is 55.6 Å². The molecule has 0 atom stereocenters. The maximum absolute atomic E-state index is 12.2. The average molecular weight is 485 g/mol. The summed E-state index contributed by atoms with van der Waals surface area (Å²) >= 11 is 0. The van der Waals surface area contributed by atoms with Crippen LogP contribution in [0.5, 0.6) is 5.75 Å². The van der Waals surface area contributed by atoms with E-state index in [-0.39, 0.29) is 5.91 Å². The van der Waals surface area contributed by atoms with Crippen molar-refractivity contribution in [1.82, 2.24) is 14.5 Å². The highest BCUT2D eigenvalue weighted by Gasteiger charge is 2.17. The Hall–Kier alpha value is -4.33. The number of para-hydroxylation sites is 1. The van der Waals surface area contributed by atoms with E-state index < -0.39 is 0 Å². The molecular formula is C28H32N6O2. The first-order chi connectivity index (χ1) is 17.3.